The van der Waals surface area contributed by atoms with Crippen LogP contribution in [0.15, 0.2) is 16.6 Å². The van der Waals surface area contributed by atoms with Crippen molar-refractivity contribution in [1.29, 1.82) is 0 Å². The maximum atomic E-state index is 11.5. The second-order valence-electron chi connectivity index (χ2n) is 4.46. The molecule has 1 atom stereocenters. The summed E-state index contributed by atoms with van der Waals surface area (Å²) < 4.78 is 0.728. The highest BCUT2D eigenvalue weighted by Crippen LogP contribution is 2.37. The number of fused-ring (bicyclic) bond motifs is 1. The third-order valence-corrected chi connectivity index (χ3v) is 4.26. The molecule has 1 amide bonds. The van der Waals surface area contributed by atoms with E-state index in [1.807, 2.05) is 13.0 Å². The Kier molecular flexibility index (Phi) is 3.43. The van der Waals surface area contributed by atoms with E-state index in [1.54, 1.807) is 6.07 Å². The molecule has 4 nitrogen and oxygen atoms in total. The summed E-state index contributed by atoms with van der Waals surface area (Å²) in [5.41, 5.74) is 2.63. The van der Waals surface area contributed by atoms with E-state index in [0.29, 0.717) is 18.5 Å². The highest BCUT2D eigenvalue weighted by molar-refractivity contribution is 9.10. The van der Waals surface area contributed by atoms with Crippen molar-refractivity contribution in [3.63, 3.8) is 0 Å². The third-order valence-electron chi connectivity index (χ3n) is 3.40. The molecule has 0 saturated carbocycles. The minimum Gasteiger partial charge on any atom is -0.465 e. The van der Waals surface area contributed by atoms with E-state index in [-0.39, 0.29) is 11.8 Å². The van der Waals surface area contributed by atoms with Gasteiger partial charge in [0.25, 0.3) is 0 Å². The minimum atomic E-state index is -0.923. The van der Waals surface area contributed by atoms with Gasteiger partial charge in [-0.15, -0.1) is 0 Å². The molecule has 1 aliphatic heterocycles. The van der Waals surface area contributed by atoms with Gasteiger partial charge in [0, 0.05) is 16.6 Å². The number of carboxylic acid groups (broad SMARTS) is 1. The largest absolute Gasteiger partial charge is 0.465 e. The summed E-state index contributed by atoms with van der Waals surface area (Å²) in [7, 11) is 0. The van der Waals surface area contributed by atoms with E-state index in [2.05, 4.69) is 15.9 Å². The summed E-state index contributed by atoms with van der Waals surface area (Å²) in [6, 6.07) is 3.49. The molecule has 2 rings (SSSR count). The van der Waals surface area contributed by atoms with Crippen LogP contribution in [0.3, 0.4) is 0 Å². The fourth-order valence-corrected chi connectivity index (χ4v) is 3.42. The SMILES string of the molecule is CC(=O)c1ccc2c(c1Br)C(C)N(C(=O)O)CC2. The van der Waals surface area contributed by atoms with Gasteiger partial charge in [0.15, 0.2) is 5.78 Å². The Morgan fingerprint density at radius 1 is 1.44 bits per heavy atom. The van der Waals surface area contributed by atoms with E-state index in [9.17, 15) is 9.59 Å². The lowest BCUT2D eigenvalue weighted by molar-refractivity contribution is 0.101. The monoisotopic (exact) mass is 311 g/mol. The lowest BCUT2D eigenvalue weighted by atomic mass is 9.91. The van der Waals surface area contributed by atoms with Gasteiger partial charge in [-0.05, 0) is 53.4 Å². The minimum absolute atomic E-state index is 0.0238. The summed E-state index contributed by atoms with van der Waals surface area (Å²) in [6.45, 7) is 3.85. The number of Topliss-reactive ketones (excluding diaryl/α,β-unsaturated/α-hetero) is 1. The van der Waals surface area contributed by atoms with Gasteiger partial charge in [-0.1, -0.05) is 6.07 Å². The standard InChI is InChI=1S/C13H14BrNO3/c1-7-11-9(5-6-15(7)13(17)18)3-4-10(8(2)16)12(11)14/h3-4,7H,5-6H2,1-2H3,(H,17,18). The molecule has 1 N–H and O–H groups in total. The molecule has 0 aliphatic carbocycles. The van der Waals surface area contributed by atoms with Crippen molar-refractivity contribution in [2.24, 2.45) is 0 Å². The van der Waals surface area contributed by atoms with Gasteiger partial charge in [-0.25, -0.2) is 4.79 Å². The van der Waals surface area contributed by atoms with Crippen molar-refractivity contribution < 1.29 is 14.7 Å². The van der Waals surface area contributed by atoms with Crippen LogP contribution in [0.5, 0.6) is 0 Å². The summed E-state index contributed by atoms with van der Waals surface area (Å²) in [4.78, 5) is 24.1. The zero-order valence-corrected chi connectivity index (χ0v) is 11.8. The lowest BCUT2D eigenvalue weighted by Crippen LogP contribution is -2.38. The Hall–Kier alpha value is -1.36. The number of carbonyl (C=O) groups excluding carboxylic acids is 1. The Morgan fingerprint density at radius 3 is 2.67 bits per heavy atom. The molecule has 96 valence electrons. The molecule has 5 heteroatoms. The summed E-state index contributed by atoms with van der Waals surface area (Å²) >= 11 is 3.44. The first-order chi connectivity index (χ1) is 8.43. The number of hydrogen-bond donors (Lipinski definition) is 1. The van der Waals surface area contributed by atoms with Crippen molar-refractivity contribution in [2.75, 3.05) is 6.54 Å². The van der Waals surface area contributed by atoms with Gasteiger partial charge in [0.1, 0.15) is 0 Å². The number of halogens is 1. The maximum Gasteiger partial charge on any atom is 0.407 e. The number of amides is 1. The number of rotatable bonds is 1. The Bertz CT molecular complexity index is 527. The van der Waals surface area contributed by atoms with Crippen LogP contribution in [0.4, 0.5) is 4.79 Å². The summed E-state index contributed by atoms with van der Waals surface area (Å²) in [5.74, 6) is -0.0238. The van der Waals surface area contributed by atoms with E-state index in [0.717, 1.165) is 15.6 Å². The molecule has 1 aliphatic rings. The predicted octanol–water partition coefficient (Wildman–Crippen LogP) is 3.25. The van der Waals surface area contributed by atoms with Gasteiger partial charge in [-0.3, -0.25) is 4.79 Å². The second kappa shape index (κ2) is 4.72. The molecule has 1 heterocycles. The molecule has 0 bridgehead atoms. The van der Waals surface area contributed by atoms with Crippen LogP contribution in [0.2, 0.25) is 0 Å². The molecule has 1 aromatic carbocycles. The fourth-order valence-electron chi connectivity index (χ4n) is 2.43. The average molecular weight is 312 g/mol. The van der Waals surface area contributed by atoms with Crippen LogP contribution in [-0.4, -0.2) is 28.4 Å². The Balaban J connectivity index is 2.55. The fraction of sp³-hybridized carbons (Fsp3) is 0.385. The van der Waals surface area contributed by atoms with Crippen LogP contribution in [0.25, 0.3) is 0 Å². The zero-order chi connectivity index (χ0) is 13.4. The number of nitrogens with zero attached hydrogens (tertiary/aromatic N) is 1. The van der Waals surface area contributed by atoms with Gasteiger partial charge in [-0.2, -0.15) is 0 Å². The van der Waals surface area contributed by atoms with Crippen LogP contribution < -0.4 is 0 Å². The number of hydrogen-bond acceptors (Lipinski definition) is 2. The summed E-state index contributed by atoms with van der Waals surface area (Å²) in [5, 5.41) is 9.15. The molecule has 1 aromatic rings. The lowest BCUT2D eigenvalue weighted by Gasteiger charge is -2.34. The first-order valence-electron chi connectivity index (χ1n) is 5.75. The second-order valence-corrected chi connectivity index (χ2v) is 5.25. The molecule has 0 aromatic heterocycles. The van der Waals surface area contributed by atoms with Crippen molar-refractivity contribution in [3.05, 3.63) is 33.3 Å². The first-order valence-corrected chi connectivity index (χ1v) is 6.54. The van der Waals surface area contributed by atoms with E-state index >= 15 is 0 Å². The number of benzene rings is 1. The quantitative estimate of drug-likeness (QED) is 0.810. The molecule has 18 heavy (non-hydrogen) atoms. The van der Waals surface area contributed by atoms with Crippen LogP contribution in [-0.2, 0) is 6.42 Å². The molecule has 0 spiro atoms. The molecule has 1 unspecified atom stereocenters. The van der Waals surface area contributed by atoms with Crippen LogP contribution in [0.1, 0.15) is 41.4 Å². The Morgan fingerprint density at radius 2 is 2.11 bits per heavy atom. The maximum absolute atomic E-state index is 11.5. The molecule has 0 fully saturated rings. The van der Waals surface area contributed by atoms with E-state index in [1.165, 1.54) is 11.8 Å². The van der Waals surface area contributed by atoms with Crippen molar-refractivity contribution in [2.45, 2.75) is 26.3 Å². The van der Waals surface area contributed by atoms with Gasteiger partial charge in [0.2, 0.25) is 0 Å². The Labute approximate surface area is 114 Å². The molecule has 0 saturated heterocycles. The van der Waals surface area contributed by atoms with Gasteiger partial charge < -0.3 is 10.0 Å². The smallest absolute Gasteiger partial charge is 0.407 e. The third kappa shape index (κ3) is 2.03. The van der Waals surface area contributed by atoms with E-state index in [4.69, 9.17) is 5.11 Å². The van der Waals surface area contributed by atoms with Crippen LogP contribution in [0, 0.1) is 0 Å². The van der Waals surface area contributed by atoms with Crippen molar-refractivity contribution in [1.82, 2.24) is 4.90 Å². The van der Waals surface area contributed by atoms with E-state index < -0.39 is 6.09 Å². The van der Waals surface area contributed by atoms with Crippen molar-refractivity contribution in [3.8, 4) is 0 Å². The summed E-state index contributed by atoms with van der Waals surface area (Å²) in [6.07, 6.45) is -0.240. The highest BCUT2D eigenvalue weighted by atomic mass is 79.9. The zero-order valence-electron chi connectivity index (χ0n) is 10.2. The van der Waals surface area contributed by atoms with Gasteiger partial charge in [0.05, 0.1) is 6.04 Å². The average Bonchev–Trinajstić information content (AvgIpc) is 2.28. The molecular formula is C13H14BrNO3. The highest BCUT2D eigenvalue weighted by Gasteiger charge is 2.30. The van der Waals surface area contributed by atoms with Gasteiger partial charge >= 0.3 is 6.09 Å². The van der Waals surface area contributed by atoms with Crippen molar-refractivity contribution >= 4 is 27.8 Å². The number of ketones is 1. The first kappa shape index (κ1) is 13.1. The van der Waals surface area contributed by atoms with Crippen LogP contribution >= 0.6 is 15.9 Å². The predicted molar refractivity (Wildman–Crippen MR) is 71.0 cm³/mol. The number of carbonyl (C=O) groups is 2. The topological polar surface area (TPSA) is 57.6 Å². The normalized spacial score (nSPS) is 18.4. The molecule has 0 radical (unpaired) electrons. The molecular weight excluding hydrogens is 298 g/mol.